The van der Waals surface area contributed by atoms with Crippen LogP contribution >= 0.6 is 0 Å². The second kappa shape index (κ2) is 16.0. The molecule has 6 N–H and O–H groups in total. The van der Waals surface area contributed by atoms with E-state index in [4.69, 9.17) is 30.1 Å². The fourth-order valence-corrected chi connectivity index (χ4v) is 11.4. The number of aliphatic carboxylic acids is 1. The van der Waals surface area contributed by atoms with Crippen molar-refractivity contribution in [1.29, 1.82) is 0 Å². The molecule has 1 aromatic rings. The van der Waals surface area contributed by atoms with Crippen molar-refractivity contribution in [1.82, 2.24) is 5.32 Å². The predicted octanol–water partition coefficient (Wildman–Crippen LogP) is 4.31. The molecule has 2 heterocycles. The number of epoxide rings is 1. The van der Waals surface area contributed by atoms with Gasteiger partial charge in [0, 0.05) is 43.7 Å². The summed E-state index contributed by atoms with van der Waals surface area (Å²) in [6.45, 7) is 6.45. The van der Waals surface area contributed by atoms with E-state index >= 15 is 0 Å². The summed E-state index contributed by atoms with van der Waals surface area (Å²) in [5, 5.41) is 12.0. The maximum Gasteiger partial charge on any atom is 0.335 e. The van der Waals surface area contributed by atoms with Gasteiger partial charge in [-0.25, -0.2) is 9.59 Å². The molecule has 6 rings (SSSR count). The minimum atomic E-state index is -1.09. The zero-order chi connectivity index (χ0) is 38.8. The van der Waals surface area contributed by atoms with Crippen LogP contribution in [0.1, 0.15) is 129 Å². The highest BCUT2D eigenvalue weighted by molar-refractivity contribution is 5.83. The zero-order valence-electron chi connectivity index (χ0n) is 31.9. The van der Waals surface area contributed by atoms with Gasteiger partial charge in [0.05, 0.1) is 6.26 Å². The average Bonchev–Trinajstić information content (AvgIpc) is 3.82. The van der Waals surface area contributed by atoms with Crippen molar-refractivity contribution in [3.05, 3.63) is 34.4 Å². The number of hydrogen-bond acceptors (Lipinski definition) is 10. The average molecular weight is 755 g/mol. The Kier molecular flexibility index (Phi) is 11.8. The van der Waals surface area contributed by atoms with Crippen molar-refractivity contribution < 1.29 is 42.9 Å². The van der Waals surface area contributed by atoms with Crippen LogP contribution in [0.25, 0.3) is 0 Å². The molecule has 54 heavy (non-hydrogen) atoms. The first-order valence-corrected chi connectivity index (χ1v) is 19.9. The van der Waals surface area contributed by atoms with E-state index in [1.54, 1.807) is 0 Å². The number of aliphatic imine (C=N–C) groups is 1. The lowest BCUT2D eigenvalue weighted by Gasteiger charge is -2.61. The van der Waals surface area contributed by atoms with E-state index in [9.17, 15) is 29.1 Å². The second-order valence-electron chi connectivity index (χ2n) is 16.9. The molecule has 4 aliphatic carbocycles. The summed E-state index contributed by atoms with van der Waals surface area (Å²) in [5.74, 6) is -0.874. The Bertz CT molecular complexity index is 1640. The van der Waals surface area contributed by atoms with Gasteiger partial charge in [0.1, 0.15) is 30.0 Å². The van der Waals surface area contributed by atoms with Gasteiger partial charge in [-0.1, -0.05) is 26.7 Å². The number of amides is 1. The summed E-state index contributed by atoms with van der Waals surface area (Å²) in [4.78, 5) is 64.7. The van der Waals surface area contributed by atoms with Gasteiger partial charge in [-0.05, 0) is 105 Å². The van der Waals surface area contributed by atoms with Gasteiger partial charge < -0.3 is 40.5 Å². The SMILES string of the molecule is CC(=O)OC1C(c2ccc(=O)oc2)C2(C)CCC3C(CCC4CC(OC(=O)CCCCCCC(=O)NC(CCCN=C(N)N)C(=O)O)CC[C@@]43C)C23OC13. The normalized spacial score (nSPS) is 35.2. The van der Waals surface area contributed by atoms with Crippen LogP contribution in [-0.2, 0) is 33.4 Å². The van der Waals surface area contributed by atoms with Crippen LogP contribution in [0, 0.1) is 28.6 Å². The van der Waals surface area contributed by atoms with Gasteiger partial charge in [0.15, 0.2) is 5.96 Å². The maximum atomic E-state index is 12.9. The number of carboxylic acids is 1. The van der Waals surface area contributed by atoms with Crippen molar-refractivity contribution in [3.63, 3.8) is 0 Å². The molecule has 0 bridgehead atoms. The van der Waals surface area contributed by atoms with Gasteiger partial charge in [-0.3, -0.25) is 19.4 Å². The number of carbonyl (C=O) groups is 4. The summed E-state index contributed by atoms with van der Waals surface area (Å²) in [6, 6.07) is 2.27. The monoisotopic (exact) mass is 754 g/mol. The summed E-state index contributed by atoms with van der Waals surface area (Å²) >= 11 is 0. The first-order chi connectivity index (χ1) is 25.7. The molecule has 1 saturated heterocycles. The molecular formula is C40H58N4O10. The van der Waals surface area contributed by atoms with E-state index in [0.29, 0.717) is 50.0 Å². The number of esters is 2. The van der Waals surface area contributed by atoms with Crippen molar-refractivity contribution in [2.24, 2.45) is 45.0 Å². The Hall–Kier alpha value is -3.94. The molecule has 0 radical (unpaired) electrons. The van der Waals surface area contributed by atoms with Gasteiger partial charge in [0.2, 0.25) is 5.91 Å². The van der Waals surface area contributed by atoms with Gasteiger partial charge in [0.25, 0.3) is 0 Å². The van der Waals surface area contributed by atoms with Gasteiger partial charge >= 0.3 is 23.5 Å². The highest BCUT2D eigenvalue weighted by Crippen LogP contribution is 2.78. The molecule has 11 atom stereocenters. The Morgan fingerprint density at radius 1 is 0.981 bits per heavy atom. The Balaban J connectivity index is 0.952. The molecule has 14 nitrogen and oxygen atoms in total. The van der Waals surface area contributed by atoms with Crippen LogP contribution in [0.2, 0.25) is 0 Å². The molecule has 10 unspecified atom stereocenters. The third-order valence-corrected chi connectivity index (χ3v) is 13.9. The minimum absolute atomic E-state index is 0.0556. The van der Waals surface area contributed by atoms with Gasteiger partial charge in [-0.15, -0.1) is 0 Å². The standard InChI is InChI=1S/C40H58N4O10/c1-23(45)52-34-33(24-12-15-31(47)51-22-24)39(3)19-17-27-28(40(39)35(34)54-40)14-13-25-21-26(16-18-38(25,27)2)53-32(48)11-7-5-4-6-10-30(46)44-29(36(49)50)9-8-20-43-37(41)42/h12,15,22,25-29,33-35H,4-11,13-14,16-21H2,1-3H3,(H,44,46)(H,49,50)(H4,41,42,43)/t25?,26?,27?,28?,29?,33?,34?,35?,38-,39?,40?/m0/s1. The summed E-state index contributed by atoms with van der Waals surface area (Å²) in [7, 11) is 0. The fraction of sp³-hybridized carbons (Fsp3) is 0.750. The Morgan fingerprint density at radius 3 is 2.43 bits per heavy atom. The topological polar surface area (TPSA) is 226 Å². The van der Waals surface area contributed by atoms with E-state index in [1.807, 2.05) is 6.07 Å². The third-order valence-electron chi connectivity index (χ3n) is 13.9. The molecule has 14 heteroatoms. The largest absolute Gasteiger partial charge is 0.480 e. The fourth-order valence-electron chi connectivity index (χ4n) is 11.4. The number of carbonyl (C=O) groups excluding carboxylic acids is 3. The van der Waals surface area contributed by atoms with E-state index in [1.165, 1.54) is 19.3 Å². The van der Waals surface area contributed by atoms with Crippen LogP contribution in [0.3, 0.4) is 0 Å². The number of rotatable bonds is 16. The molecule has 5 aliphatic rings. The number of nitrogens with zero attached hydrogens (tertiary/aromatic N) is 1. The number of unbranched alkanes of at least 4 members (excludes halogenated alkanes) is 3. The molecule has 298 valence electrons. The predicted molar refractivity (Wildman–Crippen MR) is 197 cm³/mol. The third kappa shape index (κ3) is 7.77. The molecule has 1 amide bonds. The van der Waals surface area contributed by atoms with Crippen LogP contribution < -0.4 is 22.4 Å². The van der Waals surface area contributed by atoms with E-state index in [2.05, 4.69) is 24.2 Å². The van der Waals surface area contributed by atoms with Crippen molar-refractivity contribution in [2.75, 3.05) is 6.54 Å². The molecule has 1 aliphatic heterocycles. The lowest BCUT2D eigenvalue weighted by molar-refractivity contribution is -0.168. The number of guanidine groups is 1. The van der Waals surface area contributed by atoms with Crippen LogP contribution in [0.4, 0.5) is 0 Å². The first kappa shape index (κ1) is 39.7. The quantitative estimate of drug-likeness (QED) is 0.0609. The highest BCUT2D eigenvalue weighted by Gasteiger charge is 2.84. The first-order valence-electron chi connectivity index (χ1n) is 19.9. The van der Waals surface area contributed by atoms with Crippen molar-refractivity contribution in [2.45, 2.75) is 153 Å². The number of nitrogens with one attached hydrogen (secondary N) is 1. The number of nitrogens with two attached hydrogens (primary N) is 2. The molecule has 1 aromatic heterocycles. The highest BCUT2D eigenvalue weighted by atomic mass is 16.7. The maximum absolute atomic E-state index is 12.9. The van der Waals surface area contributed by atoms with E-state index in [0.717, 1.165) is 63.4 Å². The summed E-state index contributed by atoms with van der Waals surface area (Å²) < 4.78 is 24.1. The minimum Gasteiger partial charge on any atom is -0.480 e. The zero-order valence-corrected chi connectivity index (χ0v) is 31.9. The number of fused-ring (bicyclic) bond motifs is 3. The lowest BCUT2D eigenvalue weighted by Crippen LogP contribution is -2.58. The summed E-state index contributed by atoms with van der Waals surface area (Å²) in [6.07, 6.45) is 11.5. The molecule has 1 spiro atoms. The molecule has 5 fully saturated rings. The van der Waals surface area contributed by atoms with E-state index in [-0.39, 0.29) is 65.6 Å². The van der Waals surface area contributed by atoms with Crippen molar-refractivity contribution >= 4 is 29.8 Å². The summed E-state index contributed by atoms with van der Waals surface area (Å²) in [5.41, 5.74) is 10.5. The lowest BCUT2D eigenvalue weighted by atomic mass is 9.44. The van der Waals surface area contributed by atoms with Crippen molar-refractivity contribution in [3.8, 4) is 0 Å². The number of carboxylic acid groups (broad SMARTS) is 1. The van der Waals surface area contributed by atoms with Gasteiger partial charge in [-0.2, -0.15) is 0 Å². The molecule has 4 saturated carbocycles. The van der Waals surface area contributed by atoms with Crippen LogP contribution in [0.15, 0.2) is 32.6 Å². The van der Waals surface area contributed by atoms with Crippen LogP contribution in [-0.4, -0.2) is 71.4 Å². The molecule has 0 aromatic carbocycles. The number of hydrogen-bond donors (Lipinski definition) is 4. The second-order valence-corrected chi connectivity index (χ2v) is 16.9. The smallest absolute Gasteiger partial charge is 0.335 e. The number of ether oxygens (including phenoxy) is 3. The Labute approximate surface area is 316 Å². The van der Waals surface area contributed by atoms with E-state index < -0.39 is 29.3 Å². The van der Waals surface area contributed by atoms with Crippen LogP contribution in [0.5, 0.6) is 0 Å². The molecular weight excluding hydrogens is 696 g/mol. The Morgan fingerprint density at radius 2 is 1.74 bits per heavy atom.